The number of anilines is 1. The number of ether oxygens (including phenoxy) is 2. The zero-order valence-electron chi connectivity index (χ0n) is 8.54. The zero-order valence-corrected chi connectivity index (χ0v) is 8.54. The molecule has 1 heterocycles. The maximum absolute atomic E-state index is 12.0. The molecule has 2 rings (SSSR count). The number of alkyl halides is 3. The molecular weight excluding hydrogens is 223 g/mol. The summed E-state index contributed by atoms with van der Waals surface area (Å²) in [7, 11) is 1.79. The van der Waals surface area contributed by atoms with E-state index in [0.29, 0.717) is 24.6 Å². The van der Waals surface area contributed by atoms with Gasteiger partial charge in [0.2, 0.25) is 0 Å². The molecule has 0 fully saturated rings. The van der Waals surface area contributed by atoms with Gasteiger partial charge in [0.15, 0.2) is 0 Å². The molecule has 6 heteroatoms. The monoisotopic (exact) mass is 233 g/mol. The highest BCUT2D eigenvalue weighted by Crippen LogP contribution is 2.35. The molecule has 1 aliphatic heterocycles. The number of rotatable bonds is 1. The van der Waals surface area contributed by atoms with E-state index >= 15 is 0 Å². The number of fused-ring (bicyclic) bond motifs is 1. The molecule has 0 aromatic heterocycles. The molecule has 0 saturated heterocycles. The van der Waals surface area contributed by atoms with Gasteiger partial charge < -0.3 is 14.4 Å². The minimum atomic E-state index is -4.66. The highest BCUT2D eigenvalue weighted by Gasteiger charge is 2.31. The molecular formula is C10H10F3NO2. The highest BCUT2D eigenvalue weighted by atomic mass is 19.4. The van der Waals surface area contributed by atoms with Crippen LogP contribution in [0.3, 0.4) is 0 Å². The fourth-order valence-electron chi connectivity index (χ4n) is 1.53. The molecule has 0 aliphatic carbocycles. The van der Waals surface area contributed by atoms with E-state index in [2.05, 4.69) is 4.74 Å². The van der Waals surface area contributed by atoms with E-state index in [0.717, 1.165) is 0 Å². The number of halogens is 3. The lowest BCUT2D eigenvalue weighted by molar-refractivity contribution is -0.274. The molecule has 0 radical (unpaired) electrons. The van der Waals surface area contributed by atoms with Gasteiger partial charge in [0, 0.05) is 13.1 Å². The Morgan fingerprint density at radius 2 is 2.12 bits per heavy atom. The van der Waals surface area contributed by atoms with E-state index in [-0.39, 0.29) is 5.75 Å². The summed E-state index contributed by atoms with van der Waals surface area (Å²) < 4.78 is 45.1. The van der Waals surface area contributed by atoms with Crippen molar-refractivity contribution in [1.82, 2.24) is 0 Å². The summed E-state index contributed by atoms with van der Waals surface area (Å²) >= 11 is 0. The number of benzene rings is 1. The summed E-state index contributed by atoms with van der Waals surface area (Å²) in [5, 5.41) is 0. The lowest BCUT2D eigenvalue weighted by Crippen LogP contribution is -2.28. The second-order valence-electron chi connectivity index (χ2n) is 3.45. The SMILES string of the molecule is CN1CCOc2ccc(OC(F)(F)F)cc21. The Balaban J connectivity index is 2.27. The van der Waals surface area contributed by atoms with Gasteiger partial charge in [-0.2, -0.15) is 0 Å². The molecule has 0 unspecified atom stereocenters. The molecule has 1 aliphatic rings. The fraction of sp³-hybridized carbons (Fsp3) is 0.400. The average Bonchev–Trinajstić information content (AvgIpc) is 2.17. The number of nitrogens with zero attached hydrogens (tertiary/aromatic N) is 1. The summed E-state index contributed by atoms with van der Waals surface area (Å²) in [4.78, 5) is 1.82. The third-order valence-electron chi connectivity index (χ3n) is 2.26. The normalized spacial score (nSPS) is 15.4. The first kappa shape index (κ1) is 10.9. The molecule has 0 spiro atoms. The van der Waals surface area contributed by atoms with Crippen molar-refractivity contribution in [2.24, 2.45) is 0 Å². The van der Waals surface area contributed by atoms with Crippen LogP contribution in [0.1, 0.15) is 0 Å². The summed E-state index contributed by atoms with van der Waals surface area (Å²) in [5.74, 6) is 0.340. The van der Waals surface area contributed by atoms with E-state index < -0.39 is 6.36 Å². The van der Waals surface area contributed by atoms with E-state index in [4.69, 9.17) is 4.74 Å². The van der Waals surface area contributed by atoms with E-state index in [9.17, 15) is 13.2 Å². The molecule has 3 nitrogen and oxygen atoms in total. The number of hydrogen-bond donors (Lipinski definition) is 0. The van der Waals surface area contributed by atoms with Gasteiger partial charge >= 0.3 is 6.36 Å². The summed E-state index contributed by atoms with van der Waals surface area (Å²) in [6, 6.07) is 4.04. The van der Waals surface area contributed by atoms with Crippen molar-refractivity contribution >= 4 is 5.69 Å². The van der Waals surface area contributed by atoms with Gasteiger partial charge in [0.05, 0.1) is 12.2 Å². The third-order valence-corrected chi connectivity index (χ3v) is 2.26. The smallest absolute Gasteiger partial charge is 0.490 e. The Morgan fingerprint density at radius 1 is 1.38 bits per heavy atom. The summed E-state index contributed by atoms with van der Waals surface area (Å²) in [5.41, 5.74) is 0.605. The van der Waals surface area contributed by atoms with Gasteiger partial charge in [0.1, 0.15) is 18.1 Å². The molecule has 1 aromatic rings. The maximum atomic E-state index is 12.0. The minimum absolute atomic E-state index is 0.233. The first-order chi connectivity index (χ1) is 7.46. The Hall–Kier alpha value is -1.59. The summed E-state index contributed by atoms with van der Waals surface area (Å²) in [6.07, 6.45) is -4.66. The van der Waals surface area contributed by atoms with Gasteiger partial charge in [-0.15, -0.1) is 13.2 Å². The molecule has 0 atom stereocenters. The molecule has 0 amide bonds. The second-order valence-corrected chi connectivity index (χ2v) is 3.45. The van der Waals surface area contributed by atoms with Gasteiger partial charge in [-0.25, -0.2) is 0 Å². The highest BCUT2D eigenvalue weighted by molar-refractivity contribution is 5.62. The van der Waals surface area contributed by atoms with Crippen LogP contribution in [0.25, 0.3) is 0 Å². The van der Waals surface area contributed by atoms with Crippen molar-refractivity contribution in [3.8, 4) is 11.5 Å². The van der Waals surface area contributed by atoms with Gasteiger partial charge in [-0.05, 0) is 12.1 Å². The average molecular weight is 233 g/mol. The Bertz CT molecular complexity index is 392. The maximum Gasteiger partial charge on any atom is 0.573 e. The number of likely N-dealkylation sites (N-methyl/N-ethyl adjacent to an activating group) is 1. The van der Waals surface area contributed by atoms with Crippen molar-refractivity contribution in [3.05, 3.63) is 18.2 Å². The number of hydrogen-bond acceptors (Lipinski definition) is 3. The van der Waals surface area contributed by atoms with Crippen LogP contribution >= 0.6 is 0 Å². The molecule has 16 heavy (non-hydrogen) atoms. The Labute approximate surface area is 90.4 Å². The first-order valence-electron chi connectivity index (χ1n) is 4.69. The fourth-order valence-corrected chi connectivity index (χ4v) is 1.53. The van der Waals surface area contributed by atoms with Crippen LogP contribution < -0.4 is 14.4 Å². The van der Waals surface area contributed by atoms with Crippen LogP contribution in [0.15, 0.2) is 18.2 Å². The second kappa shape index (κ2) is 3.77. The van der Waals surface area contributed by atoms with Gasteiger partial charge in [-0.3, -0.25) is 0 Å². The van der Waals surface area contributed by atoms with Crippen molar-refractivity contribution in [2.75, 3.05) is 25.1 Å². The first-order valence-corrected chi connectivity index (χ1v) is 4.69. The topological polar surface area (TPSA) is 21.7 Å². The standard InChI is InChI=1S/C10H10F3NO2/c1-14-4-5-15-9-3-2-7(6-8(9)14)16-10(11,12)13/h2-3,6H,4-5H2,1H3. The molecule has 0 bridgehead atoms. The van der Waals surface area contributed by atoms with E-state index in [1.165, 1.54) is 18.2 Å². The Kier molecular flexibility index (Phi) is 2.57. The van der Waals surface area contributed by atoms with Gasteiger partial charge in [0.25, 0.3) is 0 Å². The summed E-state index contributed by atoms with van der Waals surface area (Å²) in [6.45, 7) is 1.17. The van der Waals surface area contributed by atoms with Crippen LogP contribution in [-0.4, -0.2) is 26.6 Å². The van der Waals surface area contributed by atoms with E-state index in [1.54, 1.807) is 7.05 Å². The van der Waals surface area contributed by atoms with Crippen molar-refractivity contribution < 1.29 is 22.6 Å². The van der Waals surface area contributed by atoms with Crippen molar-refractivity contribution in [3.63, 3.8) is 0 Å². The quantitative estimate of drug-likeness (QED) is 0.743. The molecule has 0 saturated carbocycles. The van der Waals surface area contributed by atoms with Crippen LogP contribution in [0.4, 0.5) is 18.9 Å². The van der Waals surface area contributed by atoms with Gasteiger partial charge in [-0.1, -0.05) is 0 Å². The third kappa shape index (κ3) is 2.32. The zero-order chi connectivity index (χ0) is 11.8. The van der Waals surface area contributed by atoms with E-state index in [1.807, 2.05) is 4.90 Å². The Morgan fingerprint density at radius 3 is 2.81 bits per heavy atom. The predicted molar refractivity (Wildman–Crippen MR) is 51.9 cm³/mol. The lowest BCUT2D eigenvalue weighted by atomic mass is 10.2. The minimum Gasteiger partial charge on any atom is -0.490 e. The van der Waals surface area contributed by atoms with Crippen LogP contribution in [0.5, 0.6) is 11.5 Å². The predicted octanol–water partition coefficient (Wildman–Crippen LogP) is 2.41. The van der Waals surface area contributed by atoms with Crippen LogP contribution in [-0.2, 0) is 0 Å². The van der Waals surface area contributed by atoms with Crippen molar-refractivity contribution in [1.29, 1.82) is 0 Å². The molecule has 1 aromatic carbocycles. The molecule has 0 N–H and O–H groups in total. The van der Waals surface area contributed by atoms with Crippen LogP contribution in [0.2, 0.25) is 0 Å². The van der Waals surface area contributed by atoms with Crippen molar-refractivity contribution in [2.45, 2.75) is 6.36 Å². The molecule has 88 valence electrons. The lowest BCUT2D eigenvalue weighted by Gasteiger charge is -2.28. The van der Waals surface area contributed by atoms with Crippen LogP contribution in [0, 0.1) is 0 Å². The largest absolute Gasteiger partial charge is 0.573 e.